The van der Waals surface area contributed by atoms with E-state index in [1.54, 1.807) is 6.92 Å². The highest BCUT2D eigenvalue weighted by molar-refractivity contribution is 5.92. The van der Waals surface area contributed by atoms with Gasteiger partial charge in [0.2, 0.25) is 0 Å². The largest absolute Gasteiger partial charge is 0.465 e. The van der Waals surface area contributed by atoms with Gasteiger partial charge in [-0.25, -0.2) is 0 Å². The number of fused-ring (bicyclic) bond motifs is 1. The number of aromatic nitrogens is 1. The lowest BCUT2D eigenvalue weighted by atomic mass is 10.2. The minimum absolute atomic E-state index is 0.269. The van der Waals surface area contributed by atoms with Crippen LogP contribution >= 0.6 is 0 Å². The number of nitriles is 1. The number of carbonyl (C=O) groups excluding carboxylic acids is 1. The van der Waals surface area contributed by atoms with Gasteiger partial charge in [-0.2, -0.15) is 5.26 Å². The number of hydrogen-bond acceptors (Lipinski definition) is 4. The van der Waals surface area contributed by atoms with Crippen LogP contribution in [0.25, 0.3) is 10.9 Å². The summed E-state index contributed by atoms with van der Waals surface area (Å²) in [5, 5.41) is 10.1. The van der Waals surface area contributed by atoms with Crippen LogP contribution in [0.3, 0.4) is 0 Å². The van der Waals surface area contributed by atoms with Gasteiger partial charge >= 0.3 is 5.97 Å². The molecule has 1 aromatic carbocycles. The second-order valence-corrected chi connectivity index (χ2v) is 4.84. The molecular weight excluding hydrogens is 278 g/mol. The van der Waals surface area contributed by atoms with Crippen molar-refractivity contribution < 1.29 is 9.53 Å². The van der Waals surface area contributed by atoms with Crippen molar-refractivity contribution in [1.82, 2.24) is 4.57 Å². The third kappa shape index (κ3) is 3.95. The van der Waals surface area contributed by atoms with Crippen molar-refractivity contribution in [2.75, 3.05) is 13.2 Å². The summed E-state index contributed by atoms with van der Waals surface area (Å²) in [5.41, 5.74) is 1.20. The molecule has 0 aliphatic carbocycles. The summed E-state index contributed by atoms with van der Waals surface area (Å²) in [7, 11) is 0. The normalized spacial score (nSPS) is 12.4. The number of benzene rings is 1. The van der Waals surface area contributed by atoms with Crippen molar-refractivity contribution in [3.63, 3.8) is 0 Å². The number of hydrogen-bond donors (Lipinski definition) is 0. The Balaban J connectivity index is 1.83. The molecule has 1 atom stereocenters. The van der Waals surface area contributed by atoms with Gasteiger partial charge in [0.1, 0.15) is 0 Å². The van der Waals surface area contributed by atoms with E-state index in [-0.39, 0.29) is 6.61 Å². The molecule has 2 rings (SSSR count). The van der Waals surface area contributed by atoms with Crippen molar-refractivity contribution in [2.24, 2.45) is 10.9 Å². The van der Waals surface area contributed by atoms with E-state index in [9.17, 15) is 4.79 Å². The molecule has 0 aliphatic heterocycles. The lowest BCUT2D eigenvalue weighted by Crippen LogP contribution is -2.17. The highest BCUT2D eigenvalue weighted by Gasteiger charge is 2.15. The number of aliphatic imine (C=N–C) groups is 1. The van der Waals surface area contributed by atoms with Crippen LogP contribution in [0.2, 0.25) is 0 Å². The van der Waals surface area contributed by atoms with E-state index in [1.807, 2.05) is 18.2 Å². The van der Waals surface area contributed by atoms with E-state index < -0.39 is 11.9 Å². The molecule has 0 fully saturated rings. The third-order valence-electron chi connectivity index (χ3n) is 3.30. The predicted octanol–water partition coefficient (Wildman–Crippen LogP) is 2.81. The molecule has 0 unspecified atom stereocenters. The average Bonchev–Trinajstić information content (AvgIpc) is 2.94. The number of nitrogens with zero attached hydrogens (tertiary/aromatic N) is 3. The maximum atomic E-state index is 11.4. The summed E-state index contributed by atoms with van der Waals surface area (Å²) in [6.45, 7) is 3.40. The second kappa shape index (κ2) is 7.99. The Hall–Kier alpha value is -2.61. The van der Waals surface area contributed by atoms with Crippen LogP contribution < -0.4 is 0 Å². The van der Waals surface area contributed by atoms with Crippen LogP contribution in [0.5, 0.6) is 0 Å². The monoisotopic (exact) mass is 297 g/mol. The van der Waals surface area contributed by atoms with Crippen molar-refractivity contribution in [2.45, 2.75) is 19.9 Å². The van der Waals surface area contributed by atoms with E-state index in [0.717, 1.165) is 13.0 Å². The summed E-state index contributed by atoms with van der Waals surface area (Å²) in [6.07, 6.45) is 4.28. The van der Waals surface area contributed by atoms with E-state index >= 15 is 0 Å². The molecule has 0 radical (unpaired) electrons. The van der Waals surface area contributed by atoms with Gasteiger partial charge in [-0.15, -0.1) is 0 Å². The van der Waals surface area contributed by atoms with Gasteiger partial charge in [0.05, 0.1) is 12.7 Å². The molecule has 0 bridgehead atoms. The van der Waals surface area contributed by atoms with E-state index in [0.29, 0.717) is 6.54 Å². The van der Waals surface area contributed by atoms with Gasteiger partial charge in [-0.05, 0) is 30.9 Å². The quantitative estimate of drug-likeness (QED) is 0.448. The van der Waals surface area contributed by atoms with Crippen LogP contribution in [0.4, 0.5) is 0 Å². The molecule has 1 heterocycles. The van der Waals surface area contributed by atoms with Crippen LogP contribution in [-0.2, 0) is 16.1 Å². The molecule has 5 nitrogen and oxygen atoms in total. The van der Waals surface area contributed by atoms with Crippen molar-refractivity contribution in [1.29, 1.82) is 5.26 Å². The van der Waals surface area contributed by atoms with Gasteiger partial charge in [0.15, 0.2) is 5.92 Å². The molecule has 114 valence electrons. The Kier molecular flexibility index (Phi) is 5.73. The van der Waals surface area contributed by atoms with Gasteiger partial charge in [0.25, 0.3) is 0 Å². The lowest BCUT2D eigenvalue weighted by Gasteiger charge is -2.04. The fraction of sp³-hybridized carbons (Fsp3) is 0.353. The number of esters is 1. The Morgan fingerprint density at radius 3 is 3.05 bits per heavy atom. The van der Waals surface area contributed by atoms with Crippen LogP contribution in [0, 0.1) is 17.2 Å². The van der Waals surface area contributed by atoms with Crippen LogP contribution in [0.15, 0.2) is 41.5 Å². The van der Waals surface area contributed by atoms with E-state index in [4.69, 9.17) is 10.00 Å². The Labute approximate surface area is 129 Å². The summed E-state index contributed by atoms with van der Waals surface area (Å²) in [6, 6.07) is 12.2. The highest BCUT2D eigenvalue weighted by Crippen LogP contribution is 2.15. The summed E-state index contributed by atoms with van der Waals surface area (Å²) >= 11 is 0. The molecule has 0 saturated carbocycles. The number of para-hydroxylation sites is 1. The fourth-order valence-electron chi connectivity index (χ4n) is 2.23. The SMILES string of the molecule is CCOC(=O)[C@H](C#N)C=NCCCn1ccc2ccccc21. The number of carbonyl (C=O) groups is 1. The number of aryl methyl sites for hydroxylation is 1. The summed E-state index contributed by atoms with van der Waals surface area (Å²) in [5.74, 6) is -1.45. The Morgan fingerprint density at radius 2 is 2.27 bits per heavy atom. The van der Waals surface area contributed by atoms with Gasteiger partial charge in [-0.1, -0.05) is 18.2 Å². The van der Waals surface area contributed by atoms with Crippen molar-refractivity contribution >= 4 is 23.1 Å². The van der Waals surface area contributed by atoms with Gasteiger partial charge in [0, 0.05) is 31.0 Å². The molecule has 1 aromatic heterocycles. The molecule has 0 N–H and O–H groups in total. The second-order valence-electron chi connectivity index (χ2n) is 4.84. The van der Waals surface area contributed by atoms with Crippen molar-refractivity contribution in [3.8, 4) is 6.07 Å². The Bertz CT molecular complexity index is 697. The molecule has 0 spiro atoms. The molecule has 5 heteroatoms. The first-order chi connectivity index (χ1) is 10.8. The zero-order valence-electron chi connectivity index (χ0n) is 12.6. The van der Waals surface area contributed by atoms with Crippen molar-refractivity contribution in [3.05, 3.63) is 36.5 Å². The van der Waals surface area contributed by atoms with Crippen LogP contribution in [0.1, 0.15) is 13.3 Å². The summed E-state index contributed by atoms with van der Waals surface area (Å²) in [4.78, 5) is 15.6. The molecular formula is C17H19N3O2. The van der Waals surface area contributed by atoms with E-state index in [1.165, 1.54) is 17.1 Å². The van der Waals surface area contributed by atoms with Gasteiger partial charge in [-0.3, -0.25) is 9.79 Å². The molecule has 0 amide bonds. The topological polar surface area (TPSA) is 67.4 Å². The predicted molar refractivity (Wildman–Crippen MR) is 85.7 cm³/mol. The molecule has 0 saturated heterocycles. The first-order valence-electron chi connectivity index (χ1n) is 7.36. The zero-order valence-corrected chi connectivity index (χ0v) is 12.6. The first-order valence-corrected chi connectivity index (χ1v) is 7.36. The summed E-state index contributed by atoms with van der Waals surface area (Å²) < 4.78 is 6.98. The Morgan fingerprint density at radius 1 is 1.45 bits per heavy atom. The zero-order chi connectivity index (χ0) is 15.8. The van der Waals surface area contributed by atoms with E-state index in [2.05, 4.69) is 34.0 Å². The van der Waals surface area contributed by atoms with Crippen LogP contribution in [-0.4, -0.2) is 29.9 Å². The molecule has 2 aromatic rings. The van der Waals surface area contributed by atoms with Gasteiger partial charge < -0.3 is 9.30 Å². The highest BCUT2D eigenvalue weighted by atomic mass is 16.5. The average molecular weight is 297 g/mol. The first kappa shape index (κ1) is 15.8. The number of rotatable bonds is 7. The third-order valence-corrected chi connectivity index (χ3v) is 3.30. The molecule has 22 heavy (non-hydrogen) atoms. The maximum Gasteiger partial charge on any atom is 0.328 e. The minimum Gasteiger partial charge on any atom is -0.465 e. The maximum absolute atomic E-state index is 11.4. The molecule has 0 aliphatic rings. The smallest absolute Gasteiger partial charge is 0.328 e. The standard InChI is InChI=1S/C17H19N3O2/c1-2-22-17(21)15(12-18)13-19-9-5-10-20-11-8-14-6-3-4-7-16(14)20/h3-4,6-8,11,13,15H,2,5,9-10H2,1H3/t15-/m1/s1. The number of ether oxygens (including phenoxy) is 1. The lowest BCUT2D eigenvalue weighted by molar-refractivity contribution is -0.143. The minimum atomic E-state index is -0.910. The fourth-order valence-corrected chi connectivity index (χ4v) is 2.23.